The number of hydrogen-bond acceptors (Lipinski definition) is 1. The number of aromatic nitrogens is 1. The molecule has 0 N–H and O–H groups in total. The lowest BCUT2D eigenvalue weighted by atomic mass is 10.2. The van der Waals surface area contributed by atoms with Crippen LogP contribution in [-0.4, -0.2) is 12.8 Å². The molecule has 0 fully saturated rings. The van der Waals surface area contributed by atoms with E-state index in [2.05, 4.69) is 99.1 Å². The first kappa shape index (κ1) is 24.8. The van der Waals surface area contributed by atoms with Gasteiger partial charge in [0.1, 0.15) is 6.54 Å². The van der Waals surface area contributed by atoms with Crippen LogP contribution in [0.5, 0.6) is 0 Å². The van der Waals surface area contributed by atoms with Gasteiger partial charge in [-0.2, -0.15) is 0 Å². The van der Waals surface area contributed by atoms with Gasteiger partial charge in [-0.15, -0.1) is 0 Å². The molecule has 0 aliphatic carbocycles. The molecule has 2 heteroatoms. The highest BCUT2D eigenvalue weighted by atomic mass is 14.9. The van der Waals surface area contributed by atoms with E-state index in [-0.39, 0.29) is 0 Å². The summed E-state index contributed by atoms with van der Waals surface area (Å²) in [5, 5.41) is 0. The van der Waals surface area contributed by atoms with Crippen molar-refractivity contribution in [3.8, 4) is 0 Å². The van der Waals surface area contributed by atoms with Crippen LogP contribution in [0.25, 0.3) is 0 Å². The molecule has 0 unspecified atom stereocenters. The maximum absolute atomic E-state index is 4.51. The minimum Gasteiger partial charge on any atom is -0.293 e. The van der Waals surface area contributed by atoms with Gasteiger partial charge in [0.05, 0.1) is 0 Å². The number of rotatable bonds is 13. The molecule has 1 rings (SSSR count). The zero-order valence-corrected chi connectivity index (χ0v) is 19.3. The summed E-state index contributed by atoms with van der Waals surface area (Å²) >= 11 is 0. The zero-order valence-electron chi connectivity index (χ0n) is 19.3. The maximum atomic E-state index is 4.51. The summed E-state index contributed by atoms with van der Waals surface area (Å²) < 4.78 is 2.32. The Morgan fingerprint density at radius 3 is 2.14 bits per heavy atom. The summed E-state index contributed by atoms with van der Waals surface area (Å²) in [6, 6.07) is 2.23. The molecule has 0 aromatic carbocycles. The molecule has 0 spiro atoms. The van der Waals surface area contributed by atoms with Crippen molar-refractivity contribution in [2.75, 3.05) is 6.54 Å². The largest absolute Gasteiger partial charge is 0.293 e. The Kier molecular flexibility index (Phi) is 13.4. The summed E-state index contributed by atoms with van der Waals surface area (Å²) in [7, 11) is 0. The van der Waals surface area contributed by atoms with Crippen molar-refractivity contribution in [2.24, 2.45) is 4.99 Å². The van der Waals surface area contributed by atoms with Crippen molar-refractivity contribution >= 4 is 6.21 Å². The second-order valence-electron chi connectivity index (χ2n) is 7.93. The lowest BCUT2D eigenvalue weighted by molar-refractivity contribution is -0.698. The molecule has 0 aliphatic rings. The molecule has 0 aliphatic heterocycles. The van der Waals surface area contributed by atoms with E-state index in [1.807, 2.05) is 6.21 Å². The van der Waals surface area contributed by atoms with Gasteiger partial charge >= 0.3 is 0 Å². The van der Waals surface area contributed by atoms with Gasteiger partial charge in [0.2, 0.25) is 0 Å². The number of nitrogens with zero attached hydrogens (tertiary/aromatic N) is 2. The molecule has 0 atom stereocenters. The summed E-state index contributed by atoms with van der Waals surface area (Å²) in [5.41, 5.74) is 5.19. The molecule has 0 radical (unpaired) electrons. The first-order valence-electron chi connectivity index (χ1n) is 11.1. The summed E-state index contributed by atoms with van der Waals surface area (Å²) in [6.07, 6.45) is 26.8. The molecule has 2 nitrogen and oxygen atoms in total. The fraction of sp³-hybridized carbons (Fsp3) is 0.481. The van der Waals surface area contributed by atoms with Crippen molar-refractivity contribution in [2.45, 2.75) is 79.7 Å². The smallest absolute Gasteiger partial charge is 0.171 e. The molecule has 0 saturated carbocycles. The molecular weight excluding hydrogens is 352 g/mol. The van der Waals surface area contributed by atoms with Gasteiger partial charge in [0.15, 0.2) is 12.4 Å². The monoisotopic (exact) mass is 393 g/mol. The number of hydrogen-bond donors (Lipinski definition) is 0. The topological polar surface area (TPSA) is 16.2 Å². The van der Waals surface area contributed by atoms with Crippen LogP contribution in [0.15, 0.2) is 71.1 Å². The molecule has 0 saturated heterocycles. The highest BCUT2D eigenvalue weighted by Crippen LogP contribution is 2.02. The van der Waals surface area contributed by atoms with Gasteiger partial charge < -0.3 is 0 Å². The number of aliphatic imine (C=N–C) groups is 1. The Morgan fingerprint density at radius 2 is 1.52 bits per heavy atom. The van der Waals surface area contributed by atoms with E-state index < -0.39 is 0 Å². The second-order valence-corrected chi connectivity index (χ2v) is 7.93. The highest BCUT2D eigenvalue weighted by Gasteiger charge is 2.01. The van der Waals surface area contributed by atoms with Gasteiger partial charge in [0.25, 0.3) is 0 Å². The average Bonchev–Trinajstić information content (AvgIpc) is 2.67. The minimum absolute atomic E-state index is 0.919. The molecule has 1 aromatic rings. The number of aryl methyl sites for hydroxylation is 3. The lowest BCUT2D eigenvalue weighted by Gasteiger charge is -1.99. The van der Waals surface area contributed by atoms with E-state index in [1.165, 1.54) is 41.5 Å². The van der Waals surface area contributed by atoms with Crippen LogP contribution in [0, 0.1) is 13.8 Å². The van der Waals surface area contributed by atoms with Gasteiger partial charge in [-0.05, 0) is 78.4 Å². The Bertz CT molecular complexity index is 713. The van der Waals surface area contributed by atoms with Gasteiger partial charge in [-0.3, -0.25) is 4.99 Å². The van der Waals surface area contributed by atoms with E-state index in [4.69, 9.17) is 0 Å². The summed E-state index contributed by atoms with van der Waals surface area (Å²) in [6.45, 7) is 12.6. The summed E-state index contributed by atoms with van der Waals surface area (Å²) in [4.78, 5) is 4.51. The Labute approximate surface area is 179 Å². The fourth-order valence-electron chi connectivity index (χ4n) is 3.18. The molecule has 1 heterocycles. The standard InChI is InChI=1S/C27H41N2/c1-6-24(2)19-25(3)21-28-17-15-13-11-9-7-8-10-12-14-16-18-29-22-26(4)20-27(5)23-29/h6-10,19-23H,11-18H2,1-5H3/q+1/b9-7-,10-8-,24-6-,25-19-,28-21?. The SMILES string of the molecule is C/C=C(C)\C=C(\C)C=NCCCC/C=C\C=C/CCCC[n+]1cc(C)cc(C)c1. The first-order valence-corrected chi connectivity index (χ1v) is 11.1. The Morgan fingerprint density at radius 1 is 0.897 bits per heavy atom. The molecule has 0 bridgehead atoms. The predicted molar refractivity (Wildman–Crippen MR) is 129 cm³/mol. The molecule has 29 heavy (non-hydrogen) atoms. The quantitative estimate of drug-likeness (QED) is 0.148. The van der Waals surface area contributed by atoms with E-state index in [0.717, 1.165) is 32.4 Å². The van der Waals surface area contributed by atoms with Gasteiger partial charge in [-0.1, -0.05) is 42.0 Å². The van der Waals surface area contributed by atoms with Crippen molar-refractivity contribution in [3.05, 3.63) is 77.2 Å². The lowest BCUT2D eigenvalue weighted by Crippen LogP contribution is -2.33. The van der Waals surface area contributed by atoms with Crippen LogP contribution in [0.1, 0.15) is 70.4 Å². The van der Waals surface area contributed by atoms with Crippen LogP contribution < -0.4 is 4.57 Å². The Balaban J connectivity index is 2.04. The average molecular weight is 394 g/mol. The maximum Gasteiger partial charge on any atom is 0.171 e. The number of pyridine rings is 1. The first-order chi connectivity index (χ1) is 14.0. The van der Waals surface area contributed by atoms with Crippen molar-refractivity contribution in [1.29, 1.82) is 0 Å². The van der Waals surface area contributed by atoms with Crippen molar-refractivity contribution in [1.82, 2.24) is 0 Å². The van der Waals surface area contributed by atoms with Crippen LogP contribution in [0.2, 0.25) is 0 Å². The fourth-order valence-corrected chi connectivity index (χ4v) is 3.18. The number of unbranched alkanes of at least 4 members (excludes halogenated alkanes) is 4. The van der Waals surface area contributed by atoms with Crippen LogP contribution in [0.3, 0.4) is 0 Å². The zero-order chi connectivity index (χ0) is 21.3. The highest BCUT2D eigenvalue weighted by molar-refractivity contribution is 5.78. The summed E-state index contributed by atoms with van der Waals surface area (Å²) in [5.74, 6) is 0. The van der Waals surface area contributed by atoms with Gasteiger partial charge in [0, 0.05) is 30.3 Å². The molecular formula is C27H41N2+. The number of allylic oxidation sites excluding steroid dienone is 8. The predicted octanol–water partition coefficient (Wildman–Crippen LogP) is 7.03. The third-order valence-corrected chi connectivity index (χ3v) is 4.73. The van der Waals surface area contributed by atoms with E-state index in [0.29, 0.717) is 0 Å². The molecule has 0 amide bonds. The molecule has 158 valence electrons. The van der Waals surface area contributed by atoms with Gasteiger partial charge in [-0.25, -0.2) is 4.57 Å². The third kappa shape index (κ3) is 13.6. The van der Waals surface area contributed by atoms with E-state index in [1.54, 1.807) is 0 Å². The Hall–Kier alpha value is -2.22. The van der Waals surface area contributed by atoms with Crippen molar-refractivity contribution in [3.63, 3.8) is 0 Å². The van der Waals surface area contributed by atoms with E-state index in [9.17, 15) is 0 Å². The van der Waals surface area contributed by atoms with E-state index >= 15 is 0 Å². The van der Waals surface area contributed by atoms with Crippen molar-refractivity contribution < 1.29 is 4.57 Å². The second kappa shape index (κ2) is 15.7. The molecule has 1 aromatic heterocycles. The minimum atomic E-state index is 0.919. The van der Waals surface area contributed by atoms with Crippen LogP contribution >= 0.6 is 0 Å². The van der Waals surface area contributed by atoms with Crippen LogP contribution in [-0.2, 0) is 6.54 Å². The normalized spacial score (nSPS) is 13.4. The van der Waals surface area contributed by atoms with Crippen LogP contribution in [0.4, 0.5) is 0 Å². The third-order valence-electron chi connectivity index (χ3n) is 4.73.